The van der Waals surface area contributed by atoms with Crippen LogP contribution >= 0.6 is 11.6 Å². The number of nitrogens with one attached hydrogen (secondary N) is 1. The van der Waals surface area contributed by atoms with Crippen molar-refractivity contribution >= 4 is 11.6 Å². The van der Waals surface area contributed by atoms with Crippen LogP contribution < -0.4 is 5.32 Å². The average Bonchev–Trinajstić information content (AvgIpc) is 2.34. The van der Waals surface area contributed by atoms with Crippen molar-refractivity contribution in [3.8, 4) is 0 Å². The molecule has 4 heteroatoms. The molecule has 0 radical (unpaired) electrons. The van der Waals surface area contributed by atoms with Gasteiger partial charge in [-0.05, 0) is 38.1 Å². The van der Waals surface area contributed by atoms with Gasteiger partial charge in [-0.2, -0.15) is 0 Å². The van der Waals surface area contributed by atoms with Crippen molar-refractivity contribution < 1.29 is 9.13 Å². The Labute approximate surface area is 105 Å². The van der Waals surface area contributed by atoms with Gasteiger partial charge in [0.25, 0.3) is 0 Å². The van der Waals surface area contributed by atoms with Crippen LogP contribution in [0.2, 0.25) is 5.02 Å². The third-order valence-corrected chi connectivity index (χ3v) is 3.04. The molecule has 0 amide bonds. The summed E-state index contributed by atoms with van der Waals surface area (Å²) in [7, 11) is 1.79. The summed E-state index contributed by atoms with van der Waals surface area (Å²) >= 11 is 5.74. The van der Waals surface area contributed by atoms with Crippen molar-refractivity contribution in [2.75, 3.05) is 13.7 Å². The zero-order chi connectivity index (χ0) is 12.3. The van der Waals surface area contributed by atoms with Crippen LogP contribution in [0.15, 0.2) is 30.0 Å². The van der Waals surface area contributed by atoms with Crippen LogP contribution in [0.3, 0.4) is 0 Å². The van der Waals surface area contributed by atoms with E-state index in [2.05, 4.69) is 5.32 Å². The van der Waals surface area contributed by atoms with E-state index >= 15 is 0 Å². The molecule has 1 aliphatic rings. The summed E-state index contributed by atoms with van der Waals surface area (Å²) in [6.45, 7) is 0.694. The van der Waals surface area contributed by atoms with E-state index in [1.165, 1.54) is 6.07 Å². The second-order valence-corrected chi connectivity index (χ2v) is 4.42. The number of halogens is 2. The Bertz CT molecular complexity index is 433. The van der Waals surface area contributed by atoms with Crippen molar-refractivity contribution in [2.24, 2.45) is 0 Å². The highest BCUT2D eigenvalue weighted by atomic mass is 35.5. The minimum atomic E-state index is -0.313. The summed E-state index contributed by atoms with van der Waals surface area (Å²) in [4.78, 5) is 0. The lowest BCUT2D eigenvalue weighted by atomic mass is 10.0. The van der Waals surface area contributed by atoms with Crippen LogP contribution in [-0.4, -0.2) is 13.7 Å². The molecule has 0 saturated carbocycles. The summed E-state index contributed by atoms with van der Waals surface area (Å²) in [5.41, 5.74) is 0.560. The van der Waals surface area contributed by atoms with Crippen LogP contribution in [0.25, 0.3) is 0 Å². The van der Waals surface area contributed by atoms with E-state index in [1.807, 2.05) is 6.08 Å². The first-order chi connectivity index (χ1) is 8.22. The molecule has 0 fully saturated rings. The van der Waals surface area contributed by atoms with E-state index in [1.54, 1.807) is 19.2 Å². The van der Waals surface area contributed by atoms with E-state index in [0.29, 0.717) is 17.2 Å². The van der Waals surface area contributed by atoms with Crippen LogP contribution in [0.1, 0.15) is 24.4 Å². The Morgan fingerprint density at radius 3 is 2.88 bits per heavy atom. The minimum absolute atomic E-state index is 0.243. The molecular formula is C13H15ClFNO. The standard InChI is InChI=1S/C13H15ClFNO/c1-16-13(12-4-2-3-7-17-12)10-6-5-9(14)8-11(10)15/h4-6,8,13,16H,2-3,7H2,1H3. The molecule has 92 valence electrons. The maximum atomic E-state index is 13.8. The lowest BCUT2D eigenvalue weighted by molar-refractivity contribution is 0.169. The molecule has 1 unspecified atom stereocenters. The van der Waals surface area contributed by atoms with Gasteiger partial charge in [-0.15, -0.1) is 0 Å². The number of rotatable bonds is 3. The van der Waals surface area contributed by atoms with Crippen LogP contribution in [0, 0.1) is 5.82 Å². The highest BCUT2D eigenvalue weighted by molar-refractivity contribution is 6.30. The first kappa shape index (κ1) is 12.4. The molecule has 1 aliphatic heterocycles. The molecule has 1 heterocycles. The van der Waals surface area contributed by atoms with Gasteiger partial charge in [-0.1, -0.05) is 17.7 Å². The molecule has 2 nitrogen and oxygen atoms in total. The molecule has 0 bridgehead atoms. The van der Waals surface area contributed by atoms with Gasteiger partial charge in [-0.3, -0.25) is 0 Å². The first-order valence-electron chi connectivity index (χ1n) is 5.67. The summed E-state index contributed by atoms with van der Waals surface area (Å²) in [5, 5.41) is 3.47. The summed E-state index contributed by atoms with van der Waals surface area (Å²) < 4.78 is 19.4. The molecule has 0 aliphatic carbocycles. The van der Waals surface area contributed by atoms with Crippen LogP contribution in [0.4, 0.5) is 4.39 Å². The molecule has 17 heavy (non-hydrogen) atoms. The fourth-order valence-corrected chi connectivity index (χ4v) is 2.12. The smallest absolute Gasteiger partial charge is 0.129 e. The van der Waals surface area contributed by atoms with Crippen LogP contribution in [-0.2, 0) is 4.74 Å². The maximum absolute atomic E-state index is 13.8. The third-order valence-electron chi connectivity index (χ3n) is 2.81. The topological polar surface area (TPSA) is 21.3 Å². The number of ether oxygens (including phenoxy) is 1. The SMILES string of the molecule is CNC(C1=CCCCO1)c1ccc(Cl)cc1F. The van der Waals surface area contributed by atoms with Gasteiger partial charge in [0.15, 0.2) is 0 Å². The quantitative estimate of drug-likeness (QED) is 0.894. The highest BCUT2D eigenvalue weighted by Gasteiger charge is 2.21. The maximum Gasteiger partial charge on any atom is 0.129 e. The Morgan fingerprint density at radius 1 is 1.47 bits per heavy atom. The van der Waals surface area contributed by atoms with Crippen molar-refractivity contribution in [1.29, 1.82) is 0 Å². The van der Waals surface area contributed by atoms with Crippen molar-refractivity contribution in [3.63, 3.8) is 0 Å². The highest BCUT2D eigenvalue weighted by Crippen LogP contribution is 2.28. The van der Waals surface area contributed by atoms with E-state index < -0.39 is 0 Å². The lowest BCUT2D eigenvalue weighted by Crippen LogP contribution is -2.23. The van der Waals surface area contributed by atoms with Gasteiger partial charge in [0.05, 0.1) is 12.6 Å². The third kappa shape index (κ3) is 2.79. The zero-order valence-electron chi connectivity index (χ0n) is 9.67. The monoisotopic (exact) mass is 255 g/mol. The molecule has 0 saturated heterocycles. The molecule has 0 aromatic heterocycles. The Morgan fingerprint density at radius 2 is 2.29 bits per heavy atom. The molecule has 1 aromatic carbocycles. The zero-order valence-corrected chi connectivity index (χ0v) is 10.4. The second kappa shape index (κ2) is 5.52. The normalized spacial score (nSPS) is 17.2. The Kier molecular flexibility index (Phi) is 4.02. The molecule has 1 aromatic rings. The van der Waals surface area contributed by atoms with Gasteiger partial charge in [0.1, 0.15) is 11.6 Å². The molecule has 1 N–H and O–H groups in total. The molecule has 1 atom stereocenters. The number of benzene rings is 1. The number of hydrogen-bond donors (Lipinski definition) is 1. The summed E-state index contributed by atoms with van der Waals surface area (Å²) in [5.74, 6) is 0.479. The molecule has 0 spiro atoms. The van der Waals surface area contributed by atoms with E-state index in [0.717, 1.165) is 18.6 Å². The van der Waals surface area contributed by atoms with Gasteiger partial charge >= 0.3 is 0 Å². The van der Waals surface area contributed by atoms with Crippen molar-refractivity contribution in [1.82, 2.24) is 5.32 Å². The average molecular weight is 256 g/mol. The minimum Gasteiger partial charge on any atom is -0.496 e. The number of allylic oxidation sites excluding steroid dienone is 1. The van der Waals surface area contributed by atoms with Crippen molar-refractivity contribution in [3.05, 3.63) is 46.4 Å². The van der Waals surface area contributed by atoms with Gasteiger partial charge in [-0.25, -0.2) is 4.39 Å². The van der Waals surface area contributed by atoms with Gasteiger partial charge in [0.2, 0.25) is 0 Å². The van der Waals surface area contributed by atoms with E-state index in [-0.39, 0.29) is 11.9 Å². The van der Waals surface area contributed by atoms with E-state index in [4.69, 9.17) is 16.3 Å². The van der Waals surface area contributed by atoms with Gasteiger partial charge < -0.3 is 10.1 Å². The largest absolute Gasteiger partial charge is 0.496 e. The fraction of sp³-hybridized carbons (Fsp3) is 0.385. The Balaban J connectivity index is 2.31. The second-order valence-electron chi connectivity index (χ2n) is 3.98. The van der Waals surface area contributed by atoms with Crippen LogP contribution in [0.5, 0.6) is 0 Å². The summed E-state index contributed by atoms with van der Waals surface area (Å²) in [6, 6.07) is 4.46. The lowest BCUT2D eigenvalue weighted by Gasteiger charge is -2.24. The summed E-state index contributed by atoms with van der Waals surface area (Å²) in [6.07, 6.45) is 4.00. The number of likely N-dealkylation sites (N-methyl/N-ethyl adjacent to an activating group) is 1. The predicted octanol–water partition coefficient (Wildman–Crippen LogP) is 3.43. The fourth-order valence-electron chi connectivity index (χ4n) is 1.96. The first-order valence-corrected chi connectivity index (χ1v) is 6.05. The predicted molar refractivity (Wildman–Crippen MR) is 66.5 cm³/mol. The van der Waals surface area contributed by atoms with E-state index in [9.17, 15) is 4.39 Å². The van der Waals surface area contributed by atoms with Crippen molar-refractivity contribution in [2.45, 2.75) is 18.9 Å². The number of hydrogen-bond acceptors (Lipinski definition) is 2. The Hall–Kier alpha value is -1.06. The molecule has 2 rings (SSSR count). The molecular weight excluding hydrogens is 241 g/mol. The van der Waals surface area contributed by atoms with Gasteiger partial charge in [0, 0.05) is 10.6 Å².